The van der Waals surface area contributed by atoms with Crippen molar-refractivity contribution in [3.05, 3.63) is 65.5 Å². The predicted octanol–water partition coefficient (Wildman–Crippen LogP) is 4.43. The quantitative estimate of drug-likeness (QED) is 0.751. The minimum Gasteiger partial charge on any atom is -0.352 e. The Morgan fingerprint density at radius 3 is 2.69 bits per heavy atom. The molecule has 1 N–H and O–H groups in total. The molecule has 6 heteroatoms. The van der Waals surface area contributed by atoms with Gasteiger partial charge in [0, 0.05) is 36.4 Å². The van der Waals surface area contributed by atoms with Crippen LogP contribution in [0.5, 0.6) is 0 Å². The lowest BCUT2D eigenvalue weighted by Crippen LogP contribution is -2.49. The molecule has 5 nitrogen and oxygen atoms in total. The molecule has 1 fully saturated rings. The number of amides is 3. The molecule has 0 atom stereocenters. The smallest absolute Gasteiger partial charge is 0.324 e. The average molecular weight is 397 g/mol. The molecular weight excluding hydrogens is 369 g/mol. The van der Waals surface area contributed by atoms with E-state index in [1.54, 1.807) is 46.2 Å². The Kier molecular flexibility index (Phi) is 6.86. The van der Waals surface area contributed by atoms with E-state index in [0.717, 1.165) is 12.8 Å². The third kappa shape index (κ3) is 5.34. The van der Waals surface area contributed by atoms with E-state index in [1.165, 1.54) is 6.07 Å². The maximum atomic E-state index is 14.0. The number of carbonyl (C=O) groups is 2. The fourth-order valence-corrected chi connectivity index (χ4v) is 3.39. The van der Waals surface area contributed by atoms with Gasteiger partial charge >= 0.3 is 6.03 Å². The first kappa shape index (κ1) is 20.8. The molecule has 2 aromatic carbocycles. The molecule has 0 unspecified atom stereocenters. The lowest BCUT2D eigenvalue weighted by Gasteiger charge is -2.36. The van der Waals surface area contributed by atoms with Crippen LogP contribution >= 0.6 is 0 Å². The van der Waals surface area contributed by atoms with Gasteiger partial charge in [-0.25, -0.2) is 9.18 Å². The molecule has 1 heterocycles. The molecule has 0 bridgehead atoms. The predicted molar refractivity (Wildman–Crippen MR) is 112 cm³/mol. The molecule has 0 spiro atoms. The second-order valence-corrected chi connectivity index (χ2v) is 7.79. The monoisotopic (exact) mass is 397 g/mol. The van der Waals surface area contributed by atoms with E-state index < -0.39 is 0 Å². The van der Waals surface area contributed by atoms with E-state index in [9.17, 15) is 14.0 Å². The summed E-state index contributed by atoms with van der Waals surface area (Å²) in [5, 5.41) is 2.92. The summed E-state index contributed by atoms with van der Waals surface area (Å²) in [4.78, 5) is 28.7. The van der Waals surface area contributed by atoms with Crippen LogP contribution in [0.15, 0.2) is 48.5 Å². The number of halogens is 1. The van der Waals surface area contributed by atoms with Crippen molar-refractivity contribution >= 4 is 17.6 Å². The lowest BCUT2D eigenvalue weighted by molar-refractivity contribution is 0.0952. The van der Waals surface area contributed by atoms with E-state index in [2.05, 4.69) is 19.2 Å². The Hall–Kier alpha value is -2.89. The number of nitrogens with one attached hydrogen (secondary N) is 1. The second-order valence-electron chi connectivity index (χ2n) is 7.79. The largest absolute Gasteiger partial charge is 0.352 e. The maximum absolute atomic E-state index is 14.0. The Morgan fingerprint density at radius 1 is 1.14 bits per heavy atom. The summed E-state index contributed by atoms with van der Waals surface area (Å²) in [6.45, 7) is 6.24. The highest BCUT2D eigenvalue weighted by atomic mass is 19.1. The number of hydrogen-bond acceptors (Lipinski definition) is 2. The molecular formula is C23H28FN3O2. The van der Waals surface area contributed by atoms with Crippen LogP contribution in [0.25, 0.3) is 0 Å². The SMILES string of the molecule is CC(C)CCNC(=O)c1cccc(N2CCCN(Cc3ccccc3F)C2=O)c1. The van der Waals surface area contributed by atoms with Crippen molar-refractivity contribution in [2.45, 2.75) is 33.2 Å². The van der Waals surface area contributed by atoms with Gasteiger partial charge in [-0.1, -0.05) is 38.1 Å². The molecule has 1 aliphatic heterocycles. The number of urea groups is 1. The Balaban J connectivity index is 1.70. The summed E-state index contributed by atoms with van der Waals surface area (Å²) in [6.07, 6.45) is 1.70. The van der Waals surface area contributed by atoms with Crippen molar-refractivity contribution in [3.8, 4) is 0 Å². The maximum Gasteiger partial charge on any atom is 0.324 e. The first-order valence-corrected chi connectivity index (χ1v) is 10.1. The molecule has 0 saturated carbocycles. The molecule has 2 aromatic rings. The van der Waals surface area contributed by atoms with Gasteiger partial charge < -0.3 is 10.2 Å². The summed E-state index contributed by atoms with van der Waals surface area (Å²) in [5.74, 6) is 0.0747. The zero-order valence-corrected chi connectivity index (χ0v) is 17.0. The van der Waals surface area contributed by atoms with E-state index in [4.69, 9.17) is 0 Å². The van der Waals surface area contributed by atoms with E-state index in [1.807, 2.05) is 6.07 Å². The van der Waals surface area contributed by atoms with E-state index >= 15 is 0 Å². The number of hydrogen-bond donors (Lipinski definition) is 1. The zero-order chi connectivity index (χ0) is 20.8. The highest BCUT2D eigenvalue weighted by Crippen LogP contribution is 2.23. The standard InChI is InChI=1S/C23H28FN3O2/c1-17(2)11-12-25-22(28)18-8-5-9-20(15-18)27-14-6-13-26(23(27)29)16-19-7-3-4-10-21(19)24/h3-5,7-10,15,17H,6,11-14,16H2,1-2H3,(H,25,28). The molecule has 0 aliphatic carbocycles. The van der Waals surface area contributed by atoms with E-state index in [0.29, 0.717) is 42.4 Å². The van der Waals surface area contributed by atoms with Crippen molar-refractivity contribution in [1.82, 2.24) is 10.2 Å². The van der Waals surface area contributed by atoms with Gasteiger partial charge in [0.2, 0.25) is 0 Å². The van der Waals surface area contributed by atoms with Gasteiger partial charge in [-0.05, 0) is 43.0 Å². The number of anilines is 1. The molecule has 29 heavy (non-hydrogen) atoms. The summed E-state index contributed by atoms with van der Waals surface area (Å²) in [6, 6.07) is 13.5. The van der Waals surface area contributed by atoms with Crippen molar-refractivity contribution < 1.29 is 14.0 Å². The Morgan fingerprint density at radius 2 is 1.93 bits per heavy atom. The van der Waals surface area contributed by atoms with Crippen LogP contribution in [0, 0.1) is 11.7 Å². The highest BCUT2D eigenvalue weighted by Gasteiger charge is 2.27. The molecule has 1 saturated heterocycles. The van der Waals surface area contributed by atoms with Crippen molar-refractivity contribution in [3.63, 3.8) is 0 Å². The summed E-state index contributed by atoms with van der Waals surface area (Å²) < 4.78 is 14.0. The van der Waals surface area contributed by atoms with Gasteiger partial charge in [0.05, 0.1) is 6.54 Å². The number of carbonyl (C=O) groups excluding carboxylic acids is 2. The molecule has 0 radical (unpaired) electrons. The van der Waals surface area contributed by atoms with E-state index in [-0.39, 0.29) is 24.3 Å². The van der Waals surface area contributed by atoms with Gasteiger partial charge in [-0.3, -0.25) is 9.69 Å². The van der Waals surface area contributed by atoms with Crippen LogP contribution in [-0.2, 0) is 6.54 Å². The fourth-order valence-electron chi connectivity index (χ4n) is 3.39. The van der Waals surface area contributed by atoms with Gasteiger partial charge in [-0.2, -0.15) is 0 Å². The van der Waals surface area contributed by atoms with Crippen molar-refractivity contribution in [2.24, 2.45) is 5.92 Å². The Bertz CT molecular complexity index is 869. The summed E-state index contributed by atoms with van der Waals surface area (Å²) in [7, 11) is 0. The number of rotatable bonds is 7. The van der Waals surface area contributed by atoms with Gasteiger partial charge in [-0.15, -0.1) is 0 Å². The molecule has 0 aromatic heterocycles. The van der Waals surface area contributed by atoms with Gasteiger partial charge in [0.15, 0.2) is 0 Å². The third-order valence-electron chi connectivity index (χ3n) is 5.06. The average Bonchev–Trinajstić information content (AvgIpc) is 2.71. The van der Waals surface area contributed by atoms with Crippen LogP contribution in [0.3, 0.4) is 0 Å². The Labute approximate surface area is 171 Å². The molecule has 154 valence electrons. The van der Waals surface area contributed by atoms with Gasteiger partial charge in [0.1, 0.15) is 5.82 Å². The van der Waals surface area contributed by atoms with Crippen LogP contribution in [-0.4, -0.2) is 36.5 Å². The molecule has 3 rings (SSSR count). The number of benzene rings is 2. The van der Waals surface area contributed by atoms with Crippen LogP contribution in [0.1, 0.15) is 42.6 Å². The lowest BCUT2D eigenvalue weighted by atomic mass is 10.1. The van der Waals surface area contributed by atoms with Crippen molar-refractivity contribution in [1.29, 1.82) is 0 Å². The first-order chi connectivity index (χ1) is 14.0. The highest BCUT2D eigenvalue weighted by molar-refractivity contribution is 5.98. The molecule has 1 aliphatic rings. The van der Waals surface area contributed by atoms with Crippen molar-refractivity contribution in [2.75, 3.05) is 24.5 Å². The van der Waals surface area contributed by atoms with Crippen LogP contribution < -0.4 is 10.2 Å². The summed E-state index contributed by atoms with van der Waals surface area (Å²) in [5.41, 5.74) is 1.72. The third-order valence-corrected chi connectivity index (χ3v) is 5.06. The normalized spacial score (nSPS) is 14.4. The second kappa shape index (κ2) is 9.54. The minimum atomic E-state index is -0.308. The zero-order valence-electron chi connectivity index (χ0n) is 17.0. The van der Waals surface area contributed by atoms with Crippen LogP contribution in [0.2, 0.25) is 0 Å². The summed E-state index contributed by atoms with van der Waals surface area (Å²) >= 11 is 0. The molecule has 3 amide bonds. The topological polar surface area (TPSA) is 52.7 Å². The number of nitrogens with zero attached hydrogens (tertiary/aromatic N) is 2. The minimum absolute atomic E-state index is 0.139. The fraction of sp³-hybridized carbons (Fsp3) is 0.391. The van der Waals surface area contributed by atoms with Crippen LogP contribution in [0.4, 0.5) is 14.9 Å². The first-order valence-electron chi connectivity index (χ1n) is 10.1. The van der Waals surface area contributed by atoms with Gasteiger partial charge in [0.25, 0.3) is 5.91 Å².